The van der Waals surface area contributed by atoms with Gasteiger partial charge in [0.15, 0.2) is 0 Å². The van der Waals surface area contributed by atoms with E-state index in [1.165, 1.54) is 14.2 Å². The molecule has 0 aliphatic carbocycles. The number of hydrogen-bond donors (Lipinski definition) is 0. The lowest BCUT2D eigenvalue weighted by Gasteiger charge is -2.17. The van der Waals surface area contributed by atoms with Gasteiger partial charge in [0.1, 0.15) is 11.9 Å². The summed E-state index contributed by atoms with van der Waals surface area (Å²) < 4.78 is 11.1. The van der Waals surface area contributed by atoms with Crippen LogP contribution in [0.1, 0.15) is 38.1 Å². The monoisotopic (exact) mass is 268 g/mol. The van der Waals surface area contributed by atoms with Crippen LogP contribution in [0, 0.1) is 0 Å². The number of nitrogens with zero attached hydrogens (tertiary/aromatic N) is 2. The zero-order chi connectivity index (χ0) is 14.3. The van der Waals surface area contributed by atoms with Gasteiger partial charge in [0.2, 0.25) is 0 Å². The zero-order valence-electron chi connectivity index (χ0n) is 11.6. The Hall–Kier alpha value is -1.85. The quantitative estimate of drug-likeness (QED) is 0.701. The maximum atomic E-state index is 11.8. The van der Waals surface area contributed by atoms with Crippen LogP contribution < -0.4 is 0 Å². The first-order valence-corrected chi connectivity index (χ1v) is 6.30. The molecule has 1 aromatic rings. The molecular weight excluding hydrogens is 248 g/mol. The number of ether oxygens (including phenoxy) is 2. The van der Waals surface area contributed by atoms with E-state index in [4.69, 9.17) is 4.74 Å². The molecule has 0 spiro atoms. The number of hydrogen-bond acceptors (Lipinski definition) is 5. The van der Waals surface area contributed by atoms with Crippen molar-refractivity contribution in [2.75, 3.05) is 14.2 Å². The van der Waals surface area contributed by atoms with Crippen molar-refractivity contribution in [2.24, 2.45) is 0 Å². The van der Waals surface area contributed by atoms with Crippen LogP contribution in [0.4, 0.5) is 0 Å². The highest BCUT2D eigenvalue weighted by Crippen LogP contribution is 2.18. The minimum absolute atomic E-state index is 0.0569. The van der Waals surface area contributed by atoms with Gasteiger partial charge in [0, 0.05) is 18.8 Å². The van der Waals surface area contributed by atoms with E-state index in [0.29, 0.717) is 0 Å². The van der Waals surface area contributed by atoms with Crippen LogP contribution in [0.2, 0.25) is 0 Å². The molecule has 1 unspecified atom stereocenters. The fourth-order valence-corrected chi connectivity index (χ4v) is 1.83. The van der Waals surface area contributed by atoms with Crippen molar-refractivity contribution in [1.29, 1.82) is 0 Å². The van der Waals surface area contributed by atoms with E-state index in [-0.39, 0.29) is 6.42 Å². The number of unbranched alkanes of at least 4 members (excludes halogenated alkanes) is 1. The van der Waals surface area contributed by atoms with Gasteiger partial charge in [0.25, 0.3) is 0 Å². The van der Waals surface area contributed by atoms with Crippen LogP contribution in [0.25, 0.3) is 0 Å². The predicted molar refractivity (Wildman–Crippen MR) is 68.5 cm³/mol. The summed E-state index contributed by atoms with van der Waals surface area (Å²) in [5.74, 6) is -0.146. The van der Waals surface area contributed by atoms with E-state index in [0.717, 1.165) is 25.1 Å². The van der Waals surface area contributed by atoms with Crippen molar-refractivity contribution in [1.82, 2.24) is 9.55 Å². The van der Waals surface area contributed by atoms with Gasteiger partial charge in [-0.1, -0.05) is 13.3 Å². The van der Waals surface area contributed by atoms with Crippen LogP contribution >= 0.6 is 0 Å². The Morgan fingerprint density at radius 2 is 2.11 bits per heavy atom. The SMILES string of the molecule is CCCCc1nccn1C(CC(=O)OC)C(=O)OC. The van der Waals surface area contributed by atoms with Crippen molar-refractivity contribution < 1.29 is 19.1 Å². The first kappa shape index (κ1) is 15.2. The molecule has 0 amide bonds. The number of aromatic nitrogens is 2. The highest BCUT2D eigenvalue weighted by atomic mass is 16.5. The molecule has 6 nitrogen and oxygen atoms in total. The number of aryl methyl sites for hydroxylation is 1. The number of carbonyl (C=O) groups is 2. The fraction of sp³-hybridized carbons (Fsp3) is 0.615. The maximum absolute atomic E-state index is 11.8. The van der Waals surface area contributed by atoms with Crippen LogP contribution in [0.5, 0.6) is 0 Å². The Morgan fingerprint density at radius 1 is 1.37 bits per heavy atom. The molecule has 0 saturated heterocycles. The minimum Gasteiger partial charge on any atom is -0.469 e. The lowest BCUT2D eigenvalue weighted by molar-refractivity contribution is -0.151. The smallest absolute Gasteiger partial charge is 0.329 e. The summed E-state index contributed by atoms with van der Waals surface area (Å²) in [7, 11) is 2.60. The highest BCUT2D eigenvalue weighted by molar-refractivity contribution is 5.81. The lowest BCUT2D eigenvalue weighted by atomic mass is 10.2. The molecule has 0 fully saturated rings. The van der Waals surface area contributed by atoms with Crippen molar-refractivity contribution in [3.63, 3.8) is 0 Å². The second kappa shape index (κ2) is 7.56. The Bertz CT molecular complexity index is 428. The summed E-state index contributed by atoms with van der Waals surface area (Å²) in [5.41, 5.74) is 0. The number of esters is 2. The second-order valence-electron chi connectivity index (χ2n) is 4.17. The summed E-state index contributed by atoms with van der Waals surface area (Å²) >= 11 is 0. The van der Waals surface area contributed by atoms with Crippen molar-refractivity contribution >= 4 is 11.9 Å². The molecule has 106 valence electrons. The summed E-state index contributed by atoms with van der Waals surface area (Å²) in [6.45, 7) is 2.08. The van der Waals surface area contributed by atoms with E-state index >= 15 is 0 Å². The fourth-order valence-electron chi connectivity index (χ4n) is 1.83. The third-order valence-electron chi connectivity index (χ3n) is 2.90. The van der Waals surface area contributed by atoms with Crippen molar-refractivity contribution in [2.45, 2.75) is 38.6 Å². The topological polar surface area (TPSA) is 70.4 Å². The van der Waals surface area contributed by atoms with E-state index < -0.39 is 18.0 Å². The third-order valence-corrected chi connectivity index (χ3v) is 2.90. The Kier molecular flexibility index (Phi) is 6.05. The third kappa shape index (κ3) is 4.08. The number of methoxy groups -OCH3 is 2. The normalized spacial score (nSPS) is 11.9. The summed E-state index contributed by atoms with van der Waals surface area (Å²) in [6.07, 6.45) is 6.03. The molecule has 1 aromatic heterocycles. The van der Waals surface area contributed by atoms with Crippen molar-refractivity contribution in [3.05, 3.63) is 18.2 Å². The molecule has 0 aliphatic heterocycles. The molecule has 0 bridgehead atoms. The Morgan fingerprint density at radius 3 is 2.68 bits per heavy atom. The zero-order valence-corrected chi connectivity index (χ0v) is 11.6. The average molecular weight is 268 g/mol. The van der Waals surface area contributed by atoms with Gasteiger partial charge in [-0.05, 0) is 6.42 Å². The molecule has 0 aliphatic rings. The van der Waals surface area contributed by atoms with Gasteiger partial charge < -0.3 is 14.0 Å². The van der Waals surface area contributed by atoms with E-state index in [2.05, 4.69) is 16.6 Å². The van der Waals surface area contributed by atoms with Gasteiger partial charge >= 0.3 is 11.9 Å². The molecule has 1 rings (SSSR count). The van der Waals surface area contributed by atoms with Crippen LogP contribution in [-0.4, -0.2) is 35.7 Å². The van der Waals surface area contributed by atoms with Crippen LogP contribution in [-0.2, 0) is 25.5 Å². The molecule has 0 radical (unpaired) electrons. The first-order chi connectivity index (χ1) is 9.13. The van der Waals surface area contributed by atoms with Gasteiger partial charge in [0.05, 0.1) is 20.6 Å². The maximum Gasteiger partial charge on any atom is 0.329 e. The van der Waals surface area contributed by atoms with Gasteiger partial charge in [-0.15, -0.1) is 0 Å². The molecule has 1 heterocycles. The summed E-state index contributed by atoms with van der Waals surface area (Å²) in [4.78, 5) is 27.4. The number of rotatable bonds is 7. The van der Waals surface area contributed by atoms with Gasteiger partial charge in [-0.2, -0.15) is 0 Å². The summed E-state index contributed by atoms with van der Waals surface area (Å²) in [6, 6.07) is -0.716. The van der Waals surface area contributed by atoms with E-state index in [9.17, 15) is 9.59 Å². The number of imidazole rings is 1. The van der Waals surface area contributed by atoms with Gasteiger partial charge in [-0.25, -0.2) is 9.78 Å². The molecule has 0 aromatic carbocycles. The Labute approximate surface area is 112 Å². The minimum atomic E-state index is -0.716. The molecule has 0 N–H and O–H groups in total. The summed E-state index contributed by atoms with van der Waals surface area (Å²) in [5, 5.41) is 0. The molecular formula is C13H20N2O4. The van der Waals surface area contributed by atoms with Crippen LogP contribution in [0.15, 0.2) is 12.4 Å². The van der Waals surface area contributed by atoms with Crippen LogP contribution in [0.3, 0.4) is 0 Å². The molecule has 1 atom stereocenters. The average Bonchev–Trinajstić information content (AvgIpc) is 2.89. The van der Waals surface area contributed by atoms with E-state index in [1.807, 2.05) is 0 Å². The molecule has 19 heavy (non-hydrogen) atoms. The molecule has 6 heteroatoms. The number of carbonyl (C=O) groups excluding carboxylic acids is 2. The standard InChI is InChI=1S/C13H20N2O4/c1-4-5-6-11-14-7-8-15(11)10(13(17)19-3)9-12(16)18-2/h7-8,10H,4-6,9H2,1-3H3. The second-order valence-corrected chi connectivity index (χ2v) is 4.17. The Balaban J connectivity index is 2.93. The lowest BCUT2D eigenvalue weighted by Crippen LogP contribution is -2.25. The molecule has 0 saturated carbocycles. The predicted octanol–water partition coefficient (Wildman–Crippen LogP) is 1.50. The van der Waals surface area contributed by atoms with Crippen molar-refractivity contribution in [3.8, 4) is 0 Å². The largest absolute Gasteiger partial charge is 0.469 e. The van der Waals surface area contributed by atoms with Gasteiger partial charge in [-0.3, -0.25) is 4.79 Å². The highest BCUT2D eigenvalue weighted by Gasteiger charge is 2.26. The van der Waals surface area contributed by atoms with E-state index in [1.54, 1.807) is 17.0 Å². The first-order valence-electron chi connectivity index (χ1n) is 6.30.